The fourth-order valence-corrected chi connectivity index (χ4v) is 4.81. The first-order chi connectivity index (χ1) is 14.4. The number of ketones is 2. The lowest BCUT2D eigenvalue weighted by atomic mass is 9.95. The molecule has 0 bridgehead atoms. The van der Waals surface area contributed by atoms with Crippen LogP contribution < -0.4 is 4.72 Å². The summed E-state index contributed by atoms with van der Waals surface area (Å²) in [6.45, 7) is 2.55. The van der Waals surface area contributed by atoms with Crippen LogP contribution in [0.25, 0.3) is 5.57 Å². The number of nitrogens with zero attached hydrogens (tertiary/aromatic N) is 1. The molecule has 0 amide bonds. The molecule has 0 spiro atoms. The zero-order chi connectivity index (χ0) is 21.1. The fourth-order valence-electron chi connectivity index (χ4n) is 3.70. The molecule has 0 radical (unpaired) electrons. The summed E-state index contributed by atoms with van der Waals surface area (Å²) >= 11 is 0. The summed E-state index contributed by atoms with van der Waals surface area (Å²) in [5.74, 6) is -0.545. The Morgan fingerprint density at radius 2 is 1.67 bits per heavy atom. The third-order valence-electron chi connectivity index (χ3n) is 5.26. The Morgan fingerprint density at radius 1 is 0.933 bits per heavy atom. The predicted molar refractivity (Wildman–Crippen MR) is 115 cm³/mol. The minimum atomic E-state index is -3.80. The first kappa shape index (κ1) is 20.3. The Bertz CT molecular complexity index is 1140. The van der Waals surface area contributed by atoms with Gasteiger partial charge in [-0.1, -0.05) is 30.3 Å². The highest BCUT2D eigenvalue weighted by Gasteiger charge is 2.21. The van der Waals surface area contributed by atoms with Gasteiger partial charge in [-0.3, -0.25) is 19.2 Å². The van der Waals surface area contributed by atoms with Gasteiger partial charge in [0.1, 0.15) is 0 Å². The van der Waals surface area contributed by atoms with E-state index in [2.05, 4.69) is 9.62 Å². The van der Waals surface area contributed by atoms with Crippen LogP contribution >= 0.6 is 0 Å². The Balaban J connectivity index is 1.72. The average molecular weight is 423 g/mol. The van der Waals surface area contributed by atoms with Crippen molar-refractivity contribution in [1.82, 2.24) is 4.90 Å². The Kier molecular flexibility index (Phi) is 5.65. The minimum Gasteiger partial charge on any atom is -0.299 e. The monoisotopic (exact) mass is 422 g/mol. The molecule has 0 unspecified atom stereocenters. The van der Waals surface area contributed by atoms with Crippen LogP contribution in [0.3, 0.4) is 0 Å². The van der Waals surface area contributed by atoms with Gasteiger partial charge in [-0.25, -0.2) is 8.42 Å². The second-order valence-electron chi connectivity index (χ2n) is 7.43. The summed E-state index contributed by atoms with van der Waals surface area (Å²) in [7, 11) is -3.80. The third-order valence-corrected chi connectivity index (χ3v) is 6.64. The molecule has 0 aromatic heterocycles. The molecule has 2 aromatic rings. The molecule has 1 aliphatic heterocycles. The van der Waals surface area contributed by atoms with Crippen LogP contribution in [0.5, 0.6) is 0 Å². The normalized spacial score (nSPS) is 17.3. The van der Waals surface area contributed by atoms with Crippen LogP contribution in [-0.2, 0) is 26.2 Å². The number of allylic oxidation sites excluding steroid dienone is 4. The largest absolute Gasteiger partial charge is 0.299 e. The Morgan fingerprint density at radius 3 is 2.40 bits per heavy atom. The number of carbonyl (C=O) groups excluding carboxylic acids is 2. The topological polar surface area (TPSA) is 83.6 Å². The molecular weight excluding hydrogens is 400 g/mol. The second-order valence-corrected chi connectivity index (χ2v) is 9.11. The second kappa shape index (κ2) is 8.38. The number of rotatable bonds is 6. The van der Waals surface area contributed by atoms with Crippen LogP contribution in [0.1, 0.15) is 24.0 Å². The van der Waals surface area contributed by atoms with Crippen molar-refractivity contribution in [2.45, 2.75) is 24.3 Å². The van der Waals surface area contributed by atoms with Crippen LogP contribution in [0.15, 0.2) is 71.7 Å². The van der Waals surface area contributed by atoms with Crippen molar-refractivity contribution in [3.8, 4) is 0 Å². The highest BCUT2D eigenvalue weighted by molar-refractivity contribution is 7.92. The molecular formula is C23H22N2O4S. The maximum absolute atomic E-state index is 12.9. The van der Waals surface area contributed by atoms with Crippen molar-refractivity contribution in [1.29, 1.82) is 0 Å². The van der Waals surface area contributed by atoms with Gasteiger partial charge in [0.2, 0.25) is 0 Å². The number of likely N-dealkylation sites (tertiary alicyclic amines) is 1. The quantitative estimate of drug-likeness (QED) is 0.723. The van der Waals surface area contributed by atoms with Gasteiger partial charge < -0.3 is 0 Å². The zero-order valence-corrected chi connectivity index (χ0v) is 17.2. The molecule has 1 heterocycles. The third kappa shape index (κ3) is 4.42. The molecule has 30 heavy (non-hydrogen) atoms. The van der Waals surface area contributed by atoms with Crippen molar-refractivity contribution in [2.75, 3.05) is 17.8 Å². The average Bonchev–Trinajstić information content (AvgIpc) is 3.25. The van der Waals surface area contributed by atoms with Crippen LogP contribution in [0, 0.1) is 0 Å². The van der Waals surface area contributed by atoms with Crippen LogP contribution in [0.2, 0.25) is 0 Å². The van der Waals surface area contributed by atoms with Gasteiger partial charge >= 0.3 is 0 Å². The summed E-state index contributed by atoms with van der Waals surface area (Å²) in [5.41, 5.74) is 2.01. The Labute approximate surface area is 176 Å². The summed E-state index contributed by atoms with van der Waals surface area (Å²) in [4.78, 5) is 26.5. The van der Waals surface area contributed by atoms with Crippen molar-refractivity contribution >= 4 is 32.9 Å². The number of anilines is 1. The molecule has 0 atom stereocenters. The lowest BCUT2D eigenvalue weighted by Crippen LogP contribution is -2.21. The number of nitrogens with one attached hydrogen (secondary N) is 1. The van der Waals surface area contributed by atoms with Crippen LogP contribution in [0.4, 0.5) is 5.69 Å². The molecule has 1 saturated heterocycles. The Hall–Kier alpha value is -3.03. The number of hydrogen-bond donors (Lipinski definition) is 1. The molecule has 1 N–H and O–H groups in total. The highest BCUT2D eigenvalue weighted by atomic mass is 32.2. The maximum atomic E-state index is 12.9. The summed E-state index contributed by atoms with van der Waals surface area (Å²) in [6, 6.07) is 13.4. The fraction of sp³-hybridized carbons (Fsp3) is 0.217. The summed E-state index contributed by atoms with van der Waals surface area (Å²) in [5, 5.41) is 0. The maximum Gasteiger partial charge on any atom is 0.261 e. The van der Waals surface area contributed by atoms with Crippen LogP contribution in [-0.4, -0.2) is 38.0 Å². The van der Waals surface area contributed by atoms with Crippen molar-refractivity contribution in [2.24, 2.45) is 0 Å². The predicted octanol–water partition coefficient (Wildman–Crippen LogP) is 3.17. The van der Waals surface area contributed by atoms with Gasteiger partial charge in [0, 0.05) is 12.1 Å². The minimum absolute atomic E-state index is 0.161. The SMILES string of the molecule is O=C1C=CC(=O)C(c2ccc(CN3CCCC3)c(NS(=O)(=O)c3ccccc3)c2)=C1. The van der Waals surface area contributed by atoms with E-state index in [1.807, 2.05) is 6.07 Å². The molecule has 6 nitrogen and oxygen atoms in total. The standard InChI is InChI=1S/C23H22N2O4S/c26-19-10-11-23(27)21(15-19)17-8-9-18(16-25-12-4-5-13-25)22(14-17)24-30(28,29)20-6-2-1-3-7-20/h1-3,6-11,14-15,24H,4-5,12-13,16H2. The van der Waals surface area contributed by atoms with Crippen molar-refractivity contribution in [3.63, 3.8) is 0 Å². The van der Waals surface area contributed by atoms with Gasteiger partial charge in [-0.15, -0.1) is 0 Å². The number of hydrogen-bond acceptors (Lipinski definition) is 5. The van der Waals surface area contributed by atoms with Crippen molar-refractivity contribution < 1.29 is 18.0 Å². The van der Waals surface area contributed by atoms with Gasteiger partial charge in [0.05, 0.1) is 10.6 Å². The highest BCUT2D eigenvalue weighted by Crippen LogP contribution is 2.29. The summed E-state index contributed by atoms with van der Waals surface area (Å²) in [6.07, 6.45) is 6.00. The van der Waals surface area contributed by atoms with E-state index in [0.717, 1.165) is 31.5 Å². The van der Waals surface area contributed by atoms with E-state index < -0.39 is 10.0 Å². The van der Waals surface area contributed by atoms with Crippen molar-refractivity contribution in [3.05, 3.63) is 77.9 Å². The molecule has 1 fully saturated rings. The van der Waals surface area contributed by atoms with E-state index in [1.165, 1.54) is 30.4 Å². The molecule has 0 saturated carbocycles. The van der Waals surface area contributed by atoms with E-state index in [9.17, 15) is 18.0 Å². The first-order valence-corrected chi connectivity index (χ1v) is 11.3. The molecule has 4 rings (SSSR count). The molecule has 7 heteroatoms. The van der Waals surface area contributed by atoms with Gasteiger partial charge in [-0.2, -0.15) is 0 Å². The van der Waals surface area contributed by atoms with Gasteiger partial charge in [0.25, 0.3) is 10.0 Å². The van der Waals surface area contributed by atoms with Gasteiger partial charge in [-0.05, 0) is 73.5 Å². The molecule has 154 valence electrons. The number of sulfonamides is 1. The van der Waals surface area contributed by atoms with E-state index in [1.54, 1.807) is 30.3 Å². The first-order valence-electron chi connectivity index (χ1n) is 9.84. The molecule has 2 aromatic carbocycles. The number of benzene rings is 2. The molecule has 1 aliphatic carbocycles. The van der Waals surface area contributed by atoms with Gasteiger partial charge in [0.15, 0.2) is 11.6 Å². The van der Waals surface area contributed by atoms with E-state index in [-0.39, 0.29) is 22.0 Å². The molecule has 2 aliphatic rings. The van der Waals surface area contributed by atoms with E-state index >= 15 is 0 Å². The van der Waals surface area contributed by atoms with E-state index in [4.69, 9.17) is 0 Å². The summed E-state index contributed by atoms with van der Waals surface area (Å²) < 4.78 is 28.5. The smallest absolute Gasteiger partial charge is 0.261 e. The zero-order valence-electron chi connectivity index (χ0n) is 16.4. The van der Waals surface area contributed by atoms with E-state index in [0.29, 0.717) is 17.8 Å². The lowest BCUT2D eigenvalue weighted by molar-refractivity contribution is -0.113. The number of carbonyl (C=O) groups is 2. The lowest BCUT2D eigenvalue weighted by Gasteiger charge is -2.20.